The maximum absolute atomic E-state index is 9.48. The number of aliphatic hydroxyl groups is 1. The molecule has 1 N–H and O–H groups in total. The molecule has 0 spiro atoms. The number of nitrogens with zero attached hydrogens (tertiary/aromatic N) is 1. The quantitative estimate of drug-likeness (QED) is 0.540. The SMILES string of the molecule is C[C@@H]1C[C@@H](O)[C@H](C)N(C)C1. The second kappa shape index (κ2) is 2.89. The number of rotatable bonds is 0. The molecule has 0 amide bonds. The standard InChI is InChI=1S/C8H17NO/c1-6-4-8(10)7(2)9(3)5-6/h6-8,10H,4-5H2,1-3H3/t6-,7+,8-/m1/s1. The fraction of sp³-hybridized carbons (Fsp3) is 1.00. The summed E-state index contributed by atoms with van der Waals surface area (Å²) >= 11 is 0. The third kappa shape index (κ3) is 1.50. The Kier molecular flexibility index (Phi) is 2.32. The summed E-state index contributed by atoms with van der Waals surface area (Å²) in [5.41, 5.74) is 0. The van der Waals surface area contributed by atoms with Crippen LogP contribution in [0.4, 0.5) is 0 Å². The van der Waals surface area contributed by atoms with Crippen LogP contribution in [-0.4, -0.2) is 35.7 Å². The number of hydrogen-bond donors (Lipinski definition) is 1. The maximum atomic E-state index is 9.48. The van der Waals surface area contributed by atoms with Crippen molar-refractivity contribution < 1.29 is 5.11 Å². The van der Waals surface area contributed by atoms with Gasteiger partial charge in [-0.25, -0.2) is 0 Å². The van der Waals surface area contributed by atoms with Crippen molar-refractivity contribution in [3.05, 3.63) is 0 Å². The minimum absolute atomic E-state index is 0.117. The first kappa shape index (κ1) is 8.02. The molecule has 0 aromatic rings. The van der Waals surface area contributed by atoms with E-state index in [1.165, 1.54) is 0 Å². The maximum Gasteiger partial charge on any atom is 0.0695 e. The van der Waals surface area contributed by atoms with Crippen LogP contribution in [0.25, 0.3) is 0 Å². The Morgan fingerprint density at radius 1 is 1.40 bits per heavy atom. The lowest BCUT2D eigenvalue weighted by Gasteiger charge is -2.37. The molecule has 0 aromatic carbocycles. The Morgan fingerprint density at radius 2 is 2.00 bits per heavy atom. The van der Waals surface area contributed by atoms with Crippen LogP contribution in [0.2, 0.25) is 0 Å². The molecule has 1 aliphatic heterocycles. The first-order valence-electron chi connectivity index (χ1n) is 3.99. The van der Waals surface area contributed by atoms with Crippen molar-refractivity contribution in [1.29, 1.82) is 0 Å². The average molecular weight is 143 g/mol. The summed E-state index contributed by atoms with van der Waals surface area (Å²) in [6.45, 7) is 5.39. The molecule has 2 nitrogen and oxygen atoms in total. The highest BCUT2D eigenvalue weighted by atomic mass is 16.3. The van der Waals surface area contributed by atoms with E-state index in [9.17, 15) is 5.11 Å². The van der Waals surface area contributed by atoms with E-state index in [1.807, 2.05) is 0 Å². The van der Waals surface area contributed by atoms with Gasteiger partial charge in [-0.05, 0) is 26.3 Å². The Morgan fingerprint density at radius 3 is 2.50 bits per heavy atom. The van der Waals surface area contributed by atoms with Gasteiger partial charge < -0.3 is 10.0 Å². The molecule has 1 rings (SSSR count). The van der Waals surface area contributed by atoms with Crippen LogP contribution in [-0.2, 0) is 0 Å². The molecule has 0 aliphatic carbocycles. The van der Waals surface area contributed by atoms with Gasteiger partial charge in [0.1, 0.15) is 0 Å². The van der Waals surface area contributed by atoms with Gasteiger partial charge in [0.2, 0.25) is 0 Å². The minimum Gasteiger partial charge on any atom is -0.391 e. The van der Waals surface area contributed by atoms with Crippen LogP contribution < -0.4 is 0 Å². The van der Waals surface area contributed by atoms with Crippen LogP contribution in [0, 0.1) is 5.92 Å². The van der Waals surface area contributed by atoms with Crippen LogP contribution in [0.1, 0.15) is 20.3 Å². The van der Waals surface area contributed by atoms with Gasteiger partial charge in [0.15, 0.2) is 0 Å². The topological polar surface area (TPSA) is 23.5 Å². The highest BCUT2D eigenvalue weighted by molar-refractivity contribution is 4.81. The Labute approximate surface area is 62.8 Å². The Bertz CT molecular complexity index is 104. The first-order chi connectivity index (χ1) is 4.61. The number of aliphatic hydroxyl groups excluding tert-OH is 1. The van der Waals surface area contributed by atoms with Crippen LogP contribution in [0.5, 0.6) is 0 Å². The van der Waals surface area contributed by atoms with Crippen molar-refractivity contribution in [2.24, 2.45) is 5.92 Å². The third-order valence-corrected chi connectivity index (χ3v) is 2.50. The lowest BCUT2D eigenvalue weighted by molar-refractivity contribution is 0.0111. The Hall–Kier alpha value is -0.0800. The minimum atomic E-state index is -0.117. The monoisotopic (exact) mass is 143 g/mol. The number of hydrogen-bond acceptors (Lipinski definition) is 2. The molecule has 0 saturated carbocycles. The van der Waals surface area contributed by atoms with E-state index in [2.05, 4.69) is 25.8 Å². The molecule has 0 aromatic heterocycles. The van der Waals surface area contributed by atoms with Crippen LogP contribution >= 0.6 is 0 Å². The summed E-state index contributed by atoms with van der Waals surface area (Å²) < 4.78 is 0. The molecule has 0 radical (unpaired) electrons. The normalized spacial score (nSPS) is 43.8. The molecule has 60 valence electrons. The molecular formula is C8H17NO. The zero-order valence-corrected chi connectivity index (χ0v) is 7.04. The van der Waals surface area contributed by atoms with Crippen molar-refractivity contribution in [1.82, 2.24) is 4.90 Å². The fourth-order valence-corrected chi connectivity index (χ4v) is 1.64. The van der Waals surface area contributed by atoms with Gasteiger partial charge >= 0.3 is 0 Å². The van der Waals surface area contributed by atoms with Gasteiger partial charge in [-0.15, -0.1) is 0 Å². The summed E-state index contributed by atoms with van der Waals surface area (Å²) in [7, 11) is 2.07. The van der Waals surface area contributed by atoms with Gasteiger partial charge in [0, 0.05) is 12.6 Å². The molecule has 10 heavy (non-hydrogen) atoms. The molecule has 1 aliphatic rings. The van der Waals surface area contributed by atoms with Crippen molar-refractivity contribution in [3.63, 3.8) is 0 Å². The largest absolute Gasteiger partial charge is 0.391 e. The molecule has 0 bridgehead atoms. The molecule has 0 unspecified atom stereocenters. The van der Waals surface area contributed by atoms with Crippen LogP contribution in [0.15, 0.2) is 0 Å². The van der Waals surface area contributed by atoms with Crippen molar-refractivity contribution in [2.75, 3.05) is 13.6 Å². The lowest BCUT2D eigenvalue weighted by Crippen LogP contribution is -2.47. The van der Waals surface area contributed by atoms with Crippen molar-refractivity contribution >= 4 is 0 Å². The van der Waals surface area contributed by atoms with Gasteiger partial charge in [0.25, 0.3) is 0 Å². The molecule has 1 saturated heterocycles. The number of likely N-dealkylation sites (tertiary alicyclic amines) is 1. The first-order valence-corrected chi connectivity index (χ1v) is 3.99. The zero-order chi connectivity index (χ0) is 7.72. The molecule has 1 heterocycles. The van der Waals surface area contributed by atoms with Crippen molar-refractivity contribution in [2.45, 2.75) is 32.4 Å². The summed E-state index contributed by atoms with van der Waals surface area (Å²) in [4.78, 5) is 2.22. The van der Waals surface area contributed by atoms with Crippen LogP contribution in [0.3, 0.4) is 0 Å². The average Bonchev–Trinajstić information content (AvgIpc) is 1.82. The van der Waals surface area contributed by atoms with Gasteiger partial charge in [-0.1, -0.05) is 6.92 Å². The summed E-state index contributed by atoms with van der Waals surface area (Å²) in [6, 6.07) is 0.344. The molecule has 2 heteroatoms. The van der Waals surface area contributed by atoms with E-state index in [4.69, 9.17) is 0 Å². The van der Waals surface area contributed by atoms with E-state index in [0.29, 0.717) is 12.0 Å². The van der Waals surface area contributed by atoms with Gasteiger partial charge in [-0.2, -0.15) is 0 Å². The van der Waals surface area contributed by atoms with E-state index < -0.39 is 0 Å². The smallest absolute Gasteiger partial charge is 0.0695 e. The summed E-state index contributed by atoms with van der Waals surface area (Å²) in [5.74, 6) is 0.649. The fourth-order valence-electron chi connectivity index (χ4n) is 1.64. The predicted molar refractivity (Wildman–Crippen MR) is 41.9 cm³/mol. The summed E-state index contributed by atoms with van der Waals surface area (Å²) in [5, 5.41) is 9.48. The van der Waals surface area contributed by atoms with E-state index >= 15 is 0 Å². The second-order valence-corrected chi connectivity index (χ2v) is 3.59. The molecule has 1 fully saturated rings. The zero-order valence-electron chi connectivity index (χ0n) is 7.04. The highest BCUT2D eigenvalue weighted by Gasteiger charge is 2.27. The lowest BCUT2D eigenvalue weighted by atomic mass is 9.93. The van der Waals surface area contributed by atoms with Crippen molar-refractivity contribution in [3.8, 4) is 0 Å². The predicted octanol–water partition coefficient (Wildman–Crippen LogP) is 0.707. The molecule has 3 atom stereocenters. The van der Waals surface area contributed by atoms with E-state index in [0.717, 1.165) is 13.0 Å². The Balaban J connectivity index is 2.49. The van der Waals surface area contributed by atoms with Gasteiger partial charge in [0.05, 0.1) is 6.10 Å². The molecular weight excluding hydrogens is 126 g/mol. The second-order valence-electron chi connectivity index (χ2n) is 3.59. The van der Waals surface area contributed by atoms with Gasteiger partial charge in [-0.3, -0.25) is 0 Å². The third-order valence-electron chi connectivity index (χ3n) is 2.50. The number of likely N-dealkylation sites (N-methyl/N-ethyl adjacent to an activating group) is 1. The van der Waals surface area contributed by atoms with E-state index in [1.54, 1.807) is 0 Å². The highest BCUT2D eigenvalue weighted by Crippen LogP contribution is 2.19. The van der Waals surface area contributed by atoms with E-state index in [-0.39, 0.29) is 6.10 Å². The summed E-state index contributed by atoms with van der Waals surface area (Å²) in [6.07, 6.45) is 0.847. The number of piperidine rings is 1.